The van der Waals surface area contributed by atoms with E-state index in [1.54, 1.807) is 13.8 Å². The fourth-order valence-electron chi connectivity index (χ4n) is 1.50. The lowest BCUT2D eigenvalue weighted by molar-refractivity contribution is -0.116. The van der Waals surface area contributed by atoms with Crippen LogP contribution in [0.3, 0.4) is 0 Å². The lowest BCUT2D eigenvalue weighted by atomic mass is 10.1. The second-order valence-electron chi connectivity index (χ2n) is 4.37. The van der Waals surface area contributed by atoms with Crippen molar-refractivity contribution in [2.75, 3.05) is 5.75 Å². The number of hydrogen-bond donors (Lipinski definition) is 0. The molecule has 0 saturated carbocycles. The molecule has 1 aromatic carbocycles. The van der Waals surface area contributed by atoms with E-state index in [0.29, 0.717) is 12.0 Å². The molecule has 18 heavy (non-hydrogen) atoms. The van der Waals surface area contributed by atoms with E-state index in [-0.39, 0.29) is 18.0 Å². The van der Waals surface area contributed by atoms with Crippen LogP contribution < -0.4 is 0 Å². The number of halogens is 1. The Morgan fingerprint density at radius 3 is 2.33 bits per heavy atom. The van der Waals surface area contributed by atoms with Crippen LogP contribution >= 0.6 is 0 Å². The van der Waals surface area contributed by atoms with Crippen LogP contribution in [0, 0.1) is 5.82 Å². The van der Waals surface area contributed by atoms with Gasteiger partial charge in [0.1, 0.15) is 11.6 Å². The molecule has 0 saturated heterocycles. The summed E-state index contributed by atoms with van der Waals surface area (Å²) >= 11 is 0. The molecule has 1 rings (SSSR count). The predicted octanol–water partition coefficient (Wildman–Crippen LogP) is 2.15. The van der Waals surface area contributed by atoms with E-state index in [1.807, 2.05) is 0 Å². The minimum Gasteiger partial charge on any atom is -0.298 e. The summed E-state index contributed by atoms with van der Waals surface area (Å²) in [5, 5.41) is -0.505. The van der Waals surface area contributed by atoms with Gasteiger partial charge in [-0.3, -0.25) is 4.79 Å². The second-order valence-corrected chi connectivity index (χ2v) is 6.79. The van der Waals surface area contributed by atoms with Crippen LogP contribution in [-0.2, 0) is 21.1 Å². The minimum atomic E-state index is -3.36. The average molecular weight is 272 g/mol. The van der Waals surface area contributed by atoms with Crippen molar-refractivity contribution in [2.45, 2.75) is 31.9 Å². The Balaban J connectivity index is 2.65. The van der Waals surface area contributed by atoms with Crippen molar-refractivity contribution < 1.29 is 17.6 Å². The van der Waals surface area contributed by atoms with E-state index >= 15 is 0 Å². The summed E-state index contributed by atoms with van der Waals surface area (Å²) in [4.78, 5) is 11.7. The molecule has 1 atom stereocenters. The fraction of sp³-hybridized carbons (Fsp3) is 0.462. The van der Waals surface area contributed by atoms with Gasteiger partial charge in [-0.15, -0.1) is 0 Å². The second kappa shape index (κ2) is 6.09. The molecule has 0 aliphatic heterocycles. The maximum atomic E-state index is 12.7. The number of ketones is 1. The van der Waals surface area contributed by atoms with Crippen LogP contribution in [0.1, 0.15) is 25.8 Å². The normalized spacial score (nSPS) is 13.3. The third kappa shape index (κ3) is 4.22. The van der Waals surface area contributed by atoms with Gasteiger partial charge in [0.15, 0.2) is 15.6 Å². The first-order valence-electron chi connectivity index (χ1n) is 5.83. The number of sulfone groups is 1. The number of hydrogen-bond acceptors (Lipinski definition) is 3. The SMILES string of the molecule is CCC(C)S(=O)(=O)CC(=O)Cc1ccc(F)cc1. The van der Waals surface area contributed by atoms with Gasteiger partial charge in [0.25, 0.3) is 0 Å². The molecule has 0 amide bonds. The highest BCUT2D eigenvalue weighted by molar-refractivity contribution is 7.92. The van der Waals surface area contributed by atoms with Crippen molar-refractivity contribution in [3.63, 3.8) is 0 Å². The van der Waals surface area contributed by atoms with Crippen LogP contribution in [0.4, 0.5) is 4.39 Å². The van der Waals surface area contributed by atoms with Gasteiger partial charge in [-0.1, -0.05) is 19.1 Å². The van der Waals surface area contributed by atoms with Crippen LogP contribution in [0.2, 0.25) is 0 Å². The smallest absolute Gasteiger partial charge is 0.159 e. The molecule has 0 aromatic heterocycles. The number of Topliss-reactive ketones (excluding diaryl/α,β-unsaturated/α-hetero) is 1. The van der Waals surface area contributed by atoms with Crippen LogP contribution in [0.15, 0.2) is 24.3 Å². The number of carbonyl (C=O) groups is 1. The van der Waals surface area contributed by atoms with Gasteiger partial charge in [0, 0.05) is 6.42 Å². The molecule has 0 aliphatic carbocycles. The molecule has 0 bridgehead atoms. The van der Waals surface area contributed by atoms with Gasteiger partial charge in [0.05, 0.1) is 5.25 Å². The van der Waals surface area contributed by atoms with Crippen molar-refractivity contribution in [1.29, 1.82) is 0 Å². The number of rotatable bonds is 6. The molecule has 1 aromatic rings. The van der Waals surface area contributed by atoms with Gasteiger partial charge in [-0.2, -0.15) is 0 Å². The van der Waals surface area contributed by atoms with E-state index < -0.39 is 20.8 Å². The molecule has 0 N–H and O–H groups in total. The summed E-state index contributed by atoms with van der Waals surface area (Å²) in [5.74, 6) is -1.18. The molecule has 0 radical (unpaired) electrons. The zero-order chi connectivity index (χ0) is 13.8. The molecule has 0 fully saturated rings. The van der Waals surface area contributed by atoms with Crippen LogP contribution in [0.5, 0.6) is 0 Å². The lowest BCUT2D eigenvalue weighted by Crippen LogP contribution is -2.26. The lowest BCUT2D eigenvalue weighted by Gasteiger charge is -2.09. The van der Waals surface area contributed by atoms with Gasteiger partial charge in [0.2, 0.25) is 0 Å². The minimum absolute atomic E-state index is 0.0238. The highest BCUT2D eigenvalue weighted by Crippen LogP contribution is 2.09. The fourth-order valence-corrected chi connectivity index (χ4v) is 2.84. The van der Waals surface area contributed by atoms with E-state index in [2.05, 4.69) is 0 Å². The van der Waals surface area contributed by atoms with Gasteiger partial charge >= 0.3 is 0 Å². The topological polar surface area (TPSA) is 51.2 Å². The summed E-state index contributed by atoms with van der Waals surface area (Å²) in [6.45, 7) is 3.37. The van der Waals surface area contributed by atoms with Crippen molar-refractivity contribution in [2.24, 2.45) is 0 Å². The summed E-state index contributed by atoms with van der Waals surface area (Å²) in [5.41, 5.74) is 0.626. The summed E-state index contributed by atoms with van der Waals surface area (Å²) in [6, 6.07) is 5.49. The van der Waals surface area contributed by atoms with Crippen molar-refractivity contribution in [1.82, 2.24) is 0 Å². The van der Waals surface area contributed by atoms with E-state index in [1.165, 1.54) is 24.3 Å². The first-order valence-corrected chi connectivity index (χ1v) is 7.54. The monoisotopic (exact) mass is 272 g/mol. The average Bonchev–Trinajstić information content (AvgIpc) is 2.30. The first-order chi connectivity index (χ1) is 8.35. The molecule has 100 valence electrons. The third-order valence-electron chi connectivity index (χ3n) is 2.86. The molecule has 5 heteroatoms. The Morgan fingerprint density at radius 1 is 1.28 bits per heavy atom. The van der Waals surface area contributed by atoms with Crippen LogP contribution in [-0.4, -0.2) is 25.2 Å². The Bertz CT molecular complexity index is 506. The van der Waals surface area contributed by atoms with Crippen molar-refractivity contribution >= 4 is 15.6 Å². The Hall–Kier alpha value is -1.23. The Labute approximate surface area is 107 Å². The molecular weight excluding hydrogens is 255 g/mol. The zero-order valence-electron chi connectivity index (χ0n) is 10.5. The Kier molecular flexibility index (Phi) is 5.02. The predicted molar refractivity (Wildman–Crippen MR) is 68.7 cm³/mol. The molecular formula is C13H17FO3S. The summed E-state index contributed by atoms with van der Waals surface area (Å²) in [6.07, 6.45) is 0.516. The summed E-state index contributed by atoms with van der Waals surface area (Å²) < 4.78 is 36.1. The van der Waals surface area contributed by atoms with Crippen molar-refractivity contribution in [3.8, 4) is 0 Å². The molecule has 0 heterocycles. The van der Waals surface area contributed by atoms with Gasteiger partial charge in [-0.05, 0) is 31.0 Å². The maximum absolute atomic E-state index is 12.7. The quantitative estimate of drug-likeness (QED) is 0.797. The molecule has 0 spiro atoms. The molecule has 1 unspecified atom stereocenters. The summed E-state index contributed by atoms with van der Waals surface area (Å²) in [7, 11) is -3.36. The Morgan fingerprint density at radius 2 is 1.83 bits per heavy atom. The first kappa shape index (κ1) is 14.8. The van der Waals surface area contributed by atoms with E-state index in [0.717, 1.165) is 0 Å². The van der Waals surface area contributed by atoms with Gasteiger partial charge in [-0.25, -0.2) is 12.8 Å². The number of benzene rings is 1. The number of carbonyl (C=O) groups excluding carboxylic acids is 1. The van der Waals surface area contributed by atoms with E-state index in [9.17, 15) is 17.6 Å². The maximum Gasteiger partial charge on any atom is 0.159 e. The van der Waals surface area contributed by atoms with E-state index in [4.69, 9.17) is 0 Å². The van der Waals surface area contributed by atoms with Gasteiger partial charge < -0.3 is 0 Å². The highest BCUT2D eigenvalue weighted by Gasteiger charge is 2.22. The zero-order valence-corrected chi connectivity index (χ0v) is 11.3. The van der Waals surface area contributed by atoms with Crippen LogP contribution in [0.25, 0.3) is 0 Å². The molecule has 3 nitrogen and oxygen atoms in total. The van der Waals surface area contributed by atoms with Crippen molar-refractivity contribution in [3.05, 3.63) is 35.6 Å². The third-order valence-corrected chi connectivity index (χ3v) is 5.15. The standard InChI is InChI=1S/C13H17FO3S/c1-3-10(2)18(16,17)9-13(15)8-11-4-6-12(14)7-5-11/h4-7,10H,3,8-9H2,1-2H3. The highest BCUT2D eigenvalue weighted by atomic mass is 32.2. The largest absolute Gasteiger partial charge is 0.298 e. The molecule has 0 aliphatic rings.